The predicted octanol–water partition coefficient (Wildman–Crippen LogP) is 0.346. The number of aromatic amines is 1. The van der Waals surface area contributed by atoms with Crippen LogP contribution in [0.3, 0.4) is 0 Å². The van der Waals surface area contributed by atoms with Gasteiger partial charge in [0.05, 0.1) is 17.7 Å². The quantitative estimate of drug-likeness (QED) is 0.757. The number of aromatic nitrogens is 2. The Bertz CT molecular complexity index is 388. The molecule has 6 nitrogen and oxygen atoms in total. The van der Waals surface area contributed by atoms with E-state index in [1.165, 1.54) is 12.4 Å². The lowest BCUT2D eigenvalue weighted by atomic mass is 9.98. The van der Waals surface area contributed by atoms with Crippen molar-refractivity contribution in [1.29, 1.82) is 0 Å². The molecule has 1 aromatic rings. The number of H-pyrrole nitrogens is 1. The van der Waals surface area contributed by atoms with Crippen molar-refractivity contribution < 1.29 is 14.7 Å². The minimum Gasteiger partial charge on any atom is -0.481 e. The van der Waals surface area contributed by atoms with E-state index in [2.05, 4.69) is 10.2 Å². The van der Waals surface area contributed by atoms with Crippen LogP contribution in [0.25, 0.3) is 0 Å². The summed E-state index contributed by atoms with van der Waals surface area (Å²) >= 11 is 0. The van der Waals surface area contributed by atoms with Crippen LogP contribution in [-0.2, 0) is 4.79 Å². The molecular weight excluding hydrogens is 210 g/mol. The number of carboxylic acids is 1. The summed E-state index contributed by atoms with van der Waals surface area (Å²) in [5.41, 5.74) is 0.478. The van der Waals surface area contributed by atoms with Crippen LogP contribution < -0.4 is 0 Å². The molecule has 0 aliphatic carbocycles. The van der Waals surface area contributed by atoms with E-state index in [-0.39, 0.29) is 5.91 Å². The fraction of sp³-hybridized carbons (Fsp3) is 0.500. The lowest BCUT2D eigenvalue weighted by Crippen LogP contribution is -2.42. The van der Waals surface area contributed by atoms with Crippen molar-refractivity contribution in [2.24, 2.45) is 5.92 Å². The zero-order chi connectivity index (χ0) is 11.5. The standard InChI is InChI=1S/C10H13N3O3/c14-9(8-4-11-12-5-8)13-3-1-2-7(6-13)10(15)16/h4-5,7H,1-3,6H2,(H,11,12)(H,15,16)/t7-/m0/s1. The van der Waals surface area contributed by atoms with Crippen LogP contribution in [-0.4, -0.2) is 45.2 Å². The van der Waals surface area contributed by atoms with Crippen molar-refractivity contribution in [3.8, 4) is 0 Å². The lowest BCUT2D eigenvalue weighted by Gasteiger charge is -2.30. The highest BCUT2D eigenvalue weighted by Crippen LogP contribution is 2.18. The molecule has 1 amide bonds. The molecule has 16 heavy (non-hydrogen) atoms. The topological polar surface area (TPSA) is 86.3 Å². The number of hydrogen-bond donors (Lipinski definition) is 2. The molecule has 2 N–H and O–H groups in total. The van der Waals surface area contributed by atoms with Crippen LogP contribution >= 0.6 is 0 Å². The maximum Gasteiger partial charge on any atom is 0.308 e. The number of amides is 1. The van der Waals surface area contributed by atoms with Gasteiger partial charge in [-0.1, -0.05) is 0 Å². The Labute approximate surface area is 92.3 Å². The minimum absolute atomic E-state index is 0.153. The van der Waals surface area contributed by atoms with Crippen molar-refractivity contribution in [3.05, 3.63) is 18.0 Å². The number of carboxylic acid groups (broad SMARTS) is 1. The Hall–Kier alpha value is -1.85. The molecule has 6 heteroatoms. The first-order valence-corrected chi connectivity index (χ1v) is 5.19. The first kappa shape index (κ1) is 10.7. The van der Waals surface area contributed by atoms with Gasteiger partial charge in [0.1, 0.15) is 0 Å². The van der Waals surface area contributed by atoms with E-state index >= 15 is 0 Å². The Kier molecular flexibility index (Phi) is 2.89. The molecule has 2 heterocycles. The SMILES string of the molecule is O=C(O)[C@H]1CCCN(C(=O)c2cn[nH]c2)C1. The van der Waals surface area contributed by atoms with Crippen LogP contribution in [0.15, 0.2) is 12.4 Å². The molecule has 0 saturated carbocycles. The third-order valence-corrected chi connectivity index (χ3v) is 2.80. The molecule has 0 aromatic carbocycles. The number of rotatable bonds is 2. The summed E-state index contributed by atoms with van der Waals surface area (Å²) < 4.78 is 0. The first-order chi connectivity index (χ1) is 7.68. The van der Waals surface area contributed by atoms with Gasteiger partial charge in [0.2, 0.25) is 0 Å². The number of likely N-dealkylation sites (tertiary alicyclic amines) is 1. The summed E-state index contributed by atoms with van der Waals surface area (Å²) in [6, 6.07) is 0. The molecule has 2 rings (SSSR count). The predicted molar refractivity (Wildman–Crippen MR) is 54.9 cm³/mol. The second kappa shape index (κ2) is 4.34. The summed E-state index contributed by atoms with van der Waals surface area (Å²) in [7, 11) is 0. The van der Waals surface area contributed by atoms with Crippen LogP contribution in [0.5, 0.6) is 0 Å². The Morgan fingerprint density at radius 3 is 3.00 bits per heavy atom. The zero-order valence-corrected chi connectivity index (χ0v) is 8.72. The molecule has 1 aliphatic rings. The third kappa shape index (κ3) is 2.05. The molecule has 1 aliphatic heterocycles. The van der Waals surface area contributed by atoms with E-state index in [0.29, 0.717) is 25.1 Å². The molecule has 1 aromatic heterocycles. The van der Waals surface area contributed by atoms with Gasteiger partial charge in [-0.15, -0.1) is 0 Å². The number of nitrogens with one attached hydrogen (secondary N) is 1. The largest absolute Gasteiger partial charge is 0.481 e. The van der Waals surface area contributed by atoms with Crippen LogP contribution in [0.1, 0.15) is 23.2 Å². The molecule has 86 valence electrons. The molecule has 0 spiro atoms. The Morgan fingerprint density at radius 1 is 1.56 bits per heavy atom. The summed E-state index contributed by atoms with van der Waals surface area (Å²) in [6.07, 6.45) is 4.35. The highest BCUT2D eigenvalue weighted by molar-refractivity contribution is 5.94. The van der Waals surface area contributed by atoms with Gasteiger partial charge in [0, 0.05) is 19.3 Å². The molecular formula is C10H13N3O3. The van der Waals surface area contributed by atoms with Crippen LogP contribution in [0, 0.1) is 5.92 Å². The maximum atomic E-state index is 11.9. The molecule has 1 fully saturated rings. The fourth-order valence-corrected chi connectivity index (χ4v) is 1.91. The first-order valence-electron chi connectivity index (χ1n) is 5.19. The number of hydrogen-bond acceptors (Lipinski definition) is 3. The smallest absolute Gasteiger partial charge is 0.308 e. The van der Waals surface area contributed by atoms with E-state index < -0.39 is 11.9 Å². The number of aliphatic carboxylic acids is 1. The lowest BCUT2D eigenvalue weighted by molar-refractivity contribution is -0.143. The minimum atomic E-state index is -0.829. The van der Waals surface area contributed by atoms with Crippen molar-refractivity contribution in [3.63, 3.8) is 0 Å². The van der Waals surface area contributed by atoms with Gasteiger partial charge in [-0.2, -0.15) is 5.10 Å². The van der Waals surface area contributed by atoms with E-state index in [9.17, 15) is 9.59 Å². The molecule has 1 atom stereocenters. The average Bonchev–Trinajstić information content (AvgIpc) is 2.81. The highest BCUT2D eigenvalue weighted by atomic mass is 16.4. The van der Waals surface area contributed by atoms with Crippen molar-refractivity contribution in [2.75, 3.05) is 13.1 Å². The number of carbonyl (C=O) groups excluding carboxylic acids is 1. The van der Waals surface area contributed by atoms with E-state index in [1.54, 1.807) is 4.90 Å². The van der Waals surface area contributed by atoms with Gasteiger partial charge >= 0.3 is 5.97 Å². The molecule has 0 unspecified atom stereocenters. The normalized spacial score (nSPS) is 20.8. The van der Waals surface area contributed by atoms with E-state index in [4.69, 9.17) is 5.11 Å². The highest BCUT2D eigenvalue weighted by Gasteiger charge is 2.28. The summed E-state index contributed by atoms with van der Waals surface area (Å²) in [4.78, 5) is 24.3. The van der Waals surface area contributed by atoms with Gasteiger partial charge < -0.3 is 10.0 Å². The van der Waals surface area contributed by atoms with Crippen molar-refractivity contribution >= 4 is 11.9 Å². The fourth-order valence-electron chi connectivity index (χ4n) is 1.91. The summed E-state index contributed by atoms with van der Waals surface area (Å²) in [6.45, 7) is 0.910. The second-order valence-corrected chi connectivity index (χ2v) is 3.92. The van der Waals surface area contributed by atoms with Gasteiger partial charge in [-0.25, -0.2) is 0 Å². The average molecular weight is 223 g/mol. The summed E-state index contributed by atoms with van der Waals surface area (Å²) in [5.74, 6) is -1.42. The number of nitrogens with zero attached hydrogens (tertiary/aromatic N) is 2. The number of piperidine rings is 1. The third-order valence-electron chi connectivity index (χ3n) is 2.80. The van der Waals surface area contributed by atoms with Gasteiger partial charge in [0.15, 0.2) is 0 Å². The second-order valence-electron chi connectivity index (χ2n) is 3.92. The Balaban J connectivity index is 2.05. The molecule has 1 saturated heterocycles. The molecule has 0 bridgehead atoms. The Morgan fingerprint density at radius 2 is 2.38 bits per heavy atom. The van der Waals surface area contributed by atoms with Crippen molar-refractivity contribution in [1.82, 2.24) is 15.1 Å². The zero-order valence-electron chi connectivity index (χ0n) is 8.72. The van der Waals surface area contributed by atoms with Crippen molar-refractivity contribution in [2.45, 2.75) is 12.8 Å². The summed E-state index contributed by atoms with van der Waals surface area (Å²) in [5, 5.41) is 15.2. The van der Waals surface area contributed by atoms with Crippen LogP contribution in [0.2, 0.25) is 0 Å². The van der Waals surface area contributed by atoms with Gasteiger partial charge in [0.25, 0.3) is 5.91 Å². The maximum absolute atomic E-state index is 11.9. The van der Waals surface area contributed by atoms with E-state index in [1.807, 2.05) is 0 Å². The molecule has 0 radical (unpaired) electrons. The monoisotopic (exact) mass is 223 g/mol. The number of carbonyl (C=O) groups is 2. The van der Waals surface area contributed by atoms with E-state index in [0.717, 1.165) is 6.42 Å². The van der Waals surface area contributed by atoms with Gasteiger partial charge in [-0.05, 0) is 12.8 Å². The van der Waals surface area contributed by atoms with Crippen LogP contribution in [0.4, 0.5) is 0 Å². The van der Waals surface area contributed by atoms with Gasteiger partial charge in [-0.3, -0.25) is 14.7 Å².